The summed E-state index contributed by atoms with van der Waals surface area (Å²) in [5, 5.41) is 3.24. The first-order valence-corrected chi connectivity index (χ1v) is 12.7. The van der Waals surface area contributed by atoms with Crippen molar-refractivity contribution in [2.75, 3.05) is 37.6 Å². The Kier molecular flexibility index (Phi) is 7.84. The average Bonchev–Trinajstić information content (AvgIpc) is 2.80. The maximum Gasteiger partial charge on any atom is 0.419 e. The summed E-state index contributed by atoms with van der Waals surface area (Å²) in [6.07, 6.45) is 5.95. The zero-order chi connectivity index (χ0) is 24.3. The van der Waals surface area contributed by atoms with E-state index in [2.05, 4.69) is 20.2 Å². The van der Waals surface area contributed by atoms with Crippen molar-refractivity contribution in [1.82, 2.24) is 25.1 Å². The Bertz CT molecular complexity index is 794. The molecular weight excluding hydrogens is 445 g/mol. The third-order valence-electron chi connectivity index (χ3n) is 7.56. The third kappa shape index (κ3) is 6.12. The second-order valence-corrected chi connectivity index (χ2v) is 10.3. The number of hydrogen-bond acceptors (Lipinski definition) is 5. The number of nitrogens with one attached hydrogen (secondary N) is 1. The number of piperazine rings is 1. The van der Waals surface area contributed by atoms with Crippen LogP contribution in [0.5, 0.6) is 0 Å². The van der Waals surface area contributed by atoms with Crippen LogP contribution in [0.3, 0.4) is 0 Å². The molecule has 0 bridgehead atoms. The monoisotopic (exact) mass is 482 g/mol. The molecule has 3 aliphatic rings. The van der Waals surface area contributed by atoms with Crippen LogP contribution in [0.15, 0.2) is 12.4 Å². The minimum absolute atomic E-state index is 0.0567. The van der Waals surface area contributed by atoms with Crippen LogP contribution in [0, 0.1) is 5.92 Å². The second kappa shape index (κ2) is 10.7. The maximum atomic E-state index is 13.1. The summed E-state index contributed by atoms with van der Waals surface area (Å²) >= 11 is 0. The fraction of sp³-hybridized carbons (Fsp3) is 0.792. The Balaban J connectivity index is 1.26. The minimum Gasteiger partial charge on any atom is -0.337 e. The lowest BCUT2D eigenvalue weighted by Gasteiger charge is -2.45. The molecule has 0 spiro atoms. The molecule has 0 radical (unpaired) electrons. The van der Waals surface area contributed by atoms with Crippen LogP contribution in [0.1, 0.15) is 64.4 Å². The molecule has 1 aromatic heterocycles. The van der Waals surface area contributed by atoms with Crippen molar-refractivity contribution in [3.05, 3.63) is 18.0 Å². The number of carbonyl (C=O) groups is 1. The highest BCUT2D eigenvalue weighted by atomic mass is 19.4. The number of hydrogen-bond donors (Lipinski definition) is 1. The molecular formula is C24H37F3N6O. The minimum atomic E-state index is -4.46. The Hall–Kier alpha value is -2.10. The number of carbonyl (C=O) groups excluding carboxylic acids is 1. The van der Waals surface area contributed by atoms with E-state index in [1.165, 1.54) is 38.6 Å². The van der Waals surface area contributed by atoms with Gasteiger partial charge < -0.3 is 20.0 Å². The largest absolute Gasteiger partial charge is 0.419 e. The molecule has 4 rings (SSSR count). The number of likely N-dealkylation sites (tertiary alicyclic amines) is 1. The molecule has 2 atom stereocenters. The van der Waals surface area contributed by atoms with Gasteiger partial charge in [0.05, 0.1) is 5.56 Å². The fourth-order valence-corrected chi connectivity index (χ4v) is 5.76. The van der Waals surface area contributed by atoms with Crippen LogP contribution in [0.4, 0.5) is 23.9 Å². The van der Waals surface area contributed by atoms with Gasteiger partial charge in [0.25, 0.3) is 0 Å². The molecule has 3 fully saturated rings. The molecule has 1 aliphatic carbocycles. The Labute approximate surface area is 200 Å². The molecule has 0 aromatic carbocycles. The van der Waals surface area contributed by atoms with Gasteiger partial charge in [-0.15, -0.1) is 0 Å². The fourth-order valence-electron chi connectivity index (χ4n) is 5.76. The smallest absolute Gasteiger partial charge is 0.337 e. The van der Waals surface area contributed by atoms with Crippen molar-refractivity contribution >= 4 is 12.0 Å². The van der Waals surface area contributed by atoms with Crippen LogP contribution in [0.2, 0.25) is 0 Å². The topological polar surface area (TPSA) is 64.6 Å². The number of aromatic nitrogens is 2. The average molecular weight is 483 g/mol. The van der Waals surface area contributed by atoms with Gasteiger partial charge in [-0.25, -0.2) is 14.8 Å². The van der Waals surface area contributed by atoms with Crippen molar-refractivity contribution in [2.24, 2.45) is 5.92 Å². The summed E-state index contributed by atoms with van der Waals surface area (Å²) in [7, 11) is 0. The summed E-state index contributed by atoms with van der Waals surface area (Å²) in [5.74, 6) is 1.10. The molecule has 2 aliphatic heterocycles. The molecule has 0 unspecified atom stereocenters. The Morgan fingerprint density at radius 1 is 1.00 bits per heavy atom. The van der Waals surface area contributed by atoms with Crippen molar-refractivity contribution in [2.45, 2.75) is 83.1 Å². The quantitative estimate of drug-likeness (QED) is 0.699. The van der Waals surface area contributed by atoms with Gasteiger partial charge >= 0.3 is 12.2 Å². The van der Waals surface area contributed by atoms with Gasteiger partial charge in [-0.1, -0.05) is 19.3 Å². The first kappa shape index (κ1) is 25.0. The number of amides is 2. The van der Waals surface area contributed by atoms with Crippen molar-refractivity contribution in [3.63, 3.8) is 0 Å². The maximum absolute atomic E-state index is 13.1. The number of urea groups is 1. The molecule has 190 valence electrons. The molecule has 1 N–H and O–H groups in total. The molecule has 1 aromatic rings. The lowest BCUT2D eigenvalue weighted by atomic mass is 9.88. The second-order valence-electron chi connectivity index (χ2n) is 10.3. The van der Waals surface area contributed by atoms with Crippen LogP contribution in [-0.4, -0.2) is 76.6 Å². The van der Waals surface area contributed by atoms with Crippen LogP contribution >= 0.6 is 0 Å². The van der Waals surface area contributed by atoms with Crippen molar-refractivity contribution in [3.8, 4) is 0 Å². The third-order valence-corrected chi connectivity index (χ3v) is 7.56. The molecule has 7 nitrogen and oxygen atoms in total. The highest BCUT2D eigenvalue weighted by molar-refractivity contribution is 5.75. The van der Waals surface area contributed by atoms with E-state index in [-0.39, 0.29) is 30.1 Å². The van der Waals surface area contributed by atoms with Gasteiger partial charge in [0, 0.05) is 63.2 Å². The summed E-state index contributed by atoms with van der Waals surface area (Å²) < 4.78 is 38.4. The number of anilines is 1. The van der Waals surface area contributed by atoms with E-state index in [1.807, 2.05) is 23.6 Å². The molecule has 2 saturated heterocycles. The number of alkyl halides is 3. The van der Waals surface area contributed by atoms with E-state index in [0.717, 1.165) is 44.2 Å². The molecule has 3 heterocycles. The summed E-state index contributed by atoms with van der Waals surface area (Å²) in [5.41, 5.74) is -0.861. The summed E-state index contributed by atoms with van der Waals surface area (Å²) in [6.45, 7) is 8.13. The molecule has 1 saturated carbocycles. The zero-order valence-corrected chi connectivity index (χ0v) is 20.2. The standard InChI is InChI=1S/C24H37F3N6O/c1-17-14-32(22-28-12-20(13-29-22)24(25,26)27)15-18(2)33(17)23(34)30-21-8-10-31(11-9-21)16-19-6-4-3-5-7-19/h12-13,17-19,21H,3-11,14-16H2,1-2H3,(H,30,34)/t17-,18+. The van der Waals surface area contributed by atoms with Gasteiger partial charge in [-0.2, -0.15) is 13.2 Å². The first-order chi connectivity index (χ1) is 16.2. The van der Waals surface area contributed by atoms with Gasteiger partial charge in [-0.3, -0.25) is 0 Å². The summed E-state index contributed by atoms with van der Waals surface area (Å²) in [4.78, 5) is 27.2. The number of halogens is 3. The molecule has 2 amide bonds. The van der Waals surface area contributed by atoms with E-state index < -0.39 is 11.7 Å². The van der Waals surface area contributed by atoms with E-state index in [0.29, 0.717) is 13.1 Å². The number of rotatable bonds is 4. The predicted molar refractivity (Wildman–Crippen MR) is 125 cm³/mol. The normalized spacial score (nSPS) is 26.0. The molecule has 10 heteroatoms. The highest BCUT2D eigenvalue weighted by Gasteiger charge is 2.36. The highest BCUT2D eigenvalue weighted by Crippen LogP contribution is 2.29. The van der Waals surface area contributed by atoms with Gasteiger partial charge in [0.15, 0.2) is 0 Å². The Morgan fingerprint density at radius 2 is 1.59 bits per heavy atom. The van der Waals surface area contributed by atoms with Crippen LogP contribution in [-0.2, 0) is 6.18 Å². The van der Waals surface area contributed by atoms with E-state index >= 15 is 0 Å². The Morgan fingerprint density at radius 3 is 2.15 bits per heavy atom. The van der Waals surface area contributed by atoms with Gasteiger partial charge in [0.1, 0.15) is 0 Å². The lowest BCUT2D eigenvalue weighted by molar-refractivity contribution is -0.138. The van der Waals surface area contributed by atoms with Gasteiger partial charge in [0.2, 0.25) is 5.95 Å². The van der Waals surface area contributed by atoms with Crippen molar-refractivity contribution in [1.29, 1.82) is 0 Å². The SMILES string of the molecule is C[C@@H]1CN(c2ncc(C(F)(F)F)cn2)C[C@H](C)N1C(=O)NC1CCN(CC2CCCCC2)CC1. The molecule has 34 heavy (non-hydrogen) atoms. The predicted octanol–water partition coefficient (Wildman–Crippen LogP) is 4.15. The summed E-state index contributed by atoms with van der Waals surface area (Å²) in [6, 6.07) is -0.0911. The number of piperidine rings is 1. The van der Waals surface area contributed by atoms with Gasteiger partial charge in [-0.05, 0) is 45.4 Å². The van der Waals surface area contributed by atoms with Crippen LogP contribution < -0.4 is 10.2 Å². The van der Waals surface area contributed by atoms with Crippen molar-refractivity contribution < 1.29 is 18.0 Å². The van der Waals surface area contributed by atoms with E-state index in [9.17, 15) is 18.0 Å². The zero-order valence-electron chi connectivity index (χ0n) is 20.2. The van der Waals surface area contributed by atoms with Crippen LogP contribution in [0.25, 0.3) is 0 Å². The van der Waals surface area contributed by atoms with E-state index in [4.69, 9.17) is 0 Å². The number of nitrogens with zero attached hydrogens (tertiary/aromatic N) is 5. The van der Waals surface area contributed by atoms with E-state index in [1.54, 1.807) is 0 Å². The lowest BCUT2D eigenvalue weighted by Crippen LogP contribution is -2.62. The first-order valence-electron chi connectivity index (χ1n) is 12.7.